The minimum atomic E-state index is -3.93. The van der Waals surface area contributed by atoms with Crippen LogP contribution in [-0.4, -0.2) is 26.1 Å². The smallest absolute Gasteiger partial charge is 0.288 e. The van der Waals surface area contributed by atoms with Crippen LogP contribution in [0, 0.1) is 0 Å². The quantitative estimate of drug-likeness (QED) is 0.567. The summed E-state index contributed by atoms with van der Waals surface area (Å²) in [5.74, 6) is -2.89. The minimum Gasteiger partial charge on any atom is -0.350 e. The fourth-order valence-electron chi connectivity index (χ4n) is 2.54. The summed E-state index contributed by atoms with van der Waals surface area (Å²) < 4.78 is 52.3. The second-order valence-electron chi connectivity index (χ2n) is 6.20. The number of anilines is 1. The number of carbonyl (C=O) groups is 1. The van der Waals surface area contributed by atoms with Crippen molar-refractivity contribution in [2.45, 2.75) is 48.3 Å². The van der Waals surface area contributed by atoms with Crippen LogP contribution in [0.5, 0.6) is 0 Å². The summed E-state index contributed by atoms with van der Waals surface area (Å²) in [6, 6.07) is 11.4. The highest BCUT2D eigenvalue weighted by Gasteiger charge is 2.17. The van der Waals surface area contributed by atoms with Gasteiger partial charge in [0.1, 0.15) is 0 Å². The van der Waals surface area contributed by atoms with Crippen LogP contribution in [0.15, 0.2) is 58.3 Å². The summed E-state index contributed by atoms with van der Waals surface area (Å²) in [6.45, 7) is 3.90. The largest absolute Gasteiger partial charge is 0.350 e. The number of amides is 1. The van der Waals surface area contributed by atoms with Crippen molar-refractivity contribution in [3.8, 4) is 0 Å². The van der Waals surface area contributed by atoms with Gasteiger partial charge in [-0.15, -0.1) is 0 Å². The molecule has 0 aliphatic carbocycles. The number of halogens is 2. The predicted molar refractivity (Wildman–Crippen MR) is 107 cm³/mol. The molecule has 1 amide bonds. The van der Waals surface area contributed by atoms with Crippen molar-refractivity contribution < 1.29 is 22.0 Å². The topological polar surface area (TPSA) is 75.3 Å². The Morgan fingerprint density at radius 2 is 1.82 bits per heavy atom. The first-order valence-electron chi connectivity index (χ1n) is 8.70. The average molecular weight is 429 g/mol. The number of rotatable bonds is 9. The summed E-state index contributed by atoms with van der Waals surface area (Å²) >= 11 is 0.380. The molecule has 0 aliphatic rings. The SMILES string of the molecule is CCCC(C)NC(=O)c1cccc(S(=O)(=O)Nc2ccc(SC(F)F)cc2)c1. The molecule has 152 valence electrons. The summed E-state index contributed by atoms with van der Waals surface area (Å²) in [6.07, 6.45) is 1.75. The Hall–Kier alpha value is -2.13. The van der Waals surface area contributed by atoms with Crippen LogP contribution in [0.4, 0.5) is 14.5 Å². The lowest BCUT2D eigenvalue weighted by Gasteiger charge is -2.14. The molecular formula is C19H22F2N2O3S2. The Bertz CT molecular complexity index is 904. The van der Waals surface area contributed by atoms with E-state index in [9.17, 15) is 22.0 Å². The molecule has 9 heteroatoms. The molecule has 0 fully saturated rings. The monoisotopic (exact) mass is 428 g/mol. The van der Waals surface area contributed by atoms with Crippen LogP contribution < -0.4 is 10.0 Å². The van der Waals surface area contributed by atoms with E-state index >= 15 is 0 Å². The number of nitrogens with one attached hydrogen (secondary N) is 2. The number of alkyl halides is 2. The predicted octanol–water partition coefficient (Wildman–Crippen LogP) is 4.72. The van der Waals surface area contributed by atoms with Gasteiger partial charge in [0.2, 0.25) is 0 Å². The average Bonchev–Trinajstić information content (AvgIpc) is 2.63. The highest BCUT2D eigenvalue weighted by Crippen LogP contribution is 2.27. The maximum Gasteiger partial charge on any atom is 0.288 e. The van der Waals surface area contributed by atoms with Gasteiger partial charge in [0, 0.05) is 22.2 Å². The zero-order valence-corrected chi connectivity index (χ0v) is 17.1. The molecule has 2 rings (SSSR count). The van der Waals surface area contributed by atoms with E-state index in [4.69, 9.17) is 0 Å². The highest BCUT2D eigenvalue weighted by atomic mass is 32.2. The van der Waals surface area contributed by atoms with Crippen molar-refractivity contribution in [3.05, 3.63) is 54.1 Å². The molecule has 0 saturated heterocycles. The molecule has 5 nitrogen and oxygen atoms in total. The third-order valence-corrected chi connectivity index (χ3v) is 5.94. The zero-order chi connectivity index (χ0) is 20.7. The van der Waals surface area contributed by atoms with Crippen molar-refractivity contribution >= 4 is 33.4 Å². The van der Waals surface area contributed by atoms with Crippen LogP contribution in [-0.2, 0) is 10.0 Å². The normalized spacial score (nSPS) is 12.6. The van der Waals surface area contributed by atoms with E-state index < -0.39 is 15.8 Å². The van der Waals surface area contributed by atoms with Crippen LogP contribution in [0.2, 0.25) is 0 Å². The van der Waals surface area contributed by atoms with Gasteiger partial charge in [-0.05, 0) is 55.8 Å². The minimum absolute atomic E-state index is 0.0134. The maximum absolute atomic E-state index is 12.6. The van der Waals surface area contributed by atoms with E-state index in [0.717, 1.165) is 12.8 Å². The Morgan fingerprint density at radius 1 is 1.14 bits per heavy atom. The van der Waals surface area contributed by atoms with Crippen molar-refractivity contribution in [1.29, 1.82) is 0 Å². The molecule has 28 heavy (non-hydrogen) atoms. The van der Waals surface area contributed by atoms with Gasteiger partial charge >= 0.3 is 0 Å². The third kappa shape index (κ3) is 6.49. The van der Waals surface area contributed by atoms with Gasteiger partial charge in [0.05, 0.1) is 4.90 Å². The van der Waals surface area contributed by atoms with Gasteiger partial charge in [-0.25, -0.2) is 8.42 Å². The highest BCUT2D eigenvalue weighted by molar-refractivity contribution is 7.99. The van der Waals surface area contributed by atoms with Crippen molar-refractivity contribution in [1.82, 2.24) is 5.32 Å². The Balaban J connectivity index is 2.14. The number of thioether (sulfide) groups is 1. The Labute approximate surface area is 168 Å². The van der Waals surface area contributed by atoms with Crippen LogP contribution in [0.3, 0.4) is 0 Å². The van der Waals surface area contributed by atoms with E-state index in [1.807, 2.05) is 13.8 Å². The van der Waals surface area contributed by atoms with Gasteiger partial charge in [0.25, 0.3) is 21.7 Å². The molecule has 0 aliphatic heterocycles. The molecule has 0 heterocycles. The third-order valence-electron chi connectivity index (χ3n) is 3.84. The van der Waals surface area contributed by atoms with Crippen molar-refractivity contribution in [3.63, 3.8) is 0 Å². The summed E-state index contributed by atoms with van der Waals surface area (Å²) in [4.78, 5) is 12.6. The lowest BCUT2D eigenvalue weighted by Crippen LogP contribution is -2.32. The van der Waals surface area contributed by atoms with Crippen molar-refractivity contribution in [2.24, 2.45) is 0 Å². The maximum atomic E-state index is 12.6. The molecule has 1 unspecified atom stereocenters. The molecule has 2 aromatic rings. The summed E-state index contributed by atoms with van der Waals surface area (Å²) in [5, 5.41) is 2.83. The number of hydrogen-bond acceptors (Lipinski definition) is 4. The number of carbonyl (C=O) groups excluding carboxylic acids is 1. The lowest BCUT2D eigenvalue weighted by atomic mass is 10.1. The van der Waals surface area contributed by atoms with Gasteiger partial charge in [-0.2, -0.15) is 8.78 Å². The first-order valence-corrected chi connectivity index (χ1v) is 11.1. The zero-order valence-electron chi connectivity index (χ0n) is 15.5. The van der Waals surface area contributed by atoms with Gasteiger partial charge in [-0.1, -0.05) is 31.2 Å². The molecule has 2 N–H and O–H groups in total. The van der Waals surface area contributed by atoms with Crippen molar-refractivity contribution in [2.75, 3.05) is 4.72 Å². The van der Waals surface area contributed by atoms with E-state index in [1.54, 1.807) is 6.07 Å². The van der Waals surface area contributed by atoms with Gasteiger partial charge < -0.3 is 5.32 Å². The molecule has 0 spiro atoms. The first kappa shape index (κ1) is 22.2. The number of benzene rings is 2. The van der Waals surface area contributed by atoms with E-state index in [0.29, 0.717) is 16.7 Å². The Morgan fingerprint density at radius 3 is 2.43 bits per heavy atom. The molecule has 0 aromatic heterocycles. The first-order chi connectivity index (χ1) is 13.2. The second kappa shape index (κ2) is 9.88. The summed E-state index contributed by atoms with van der Waals surface area (Å²) in [7, 11) is -3.93. The van der Waals surface area contributed by atoms with Crippen LogP contribution in [0.25, 0.3) is 0 Å². The summed E-state index contributed by atoms with van der Waals surface area (Å²) in [5.41, 5.74) is 0.486. The molecule has 1 atom stereocenters. The van der Waals surface area contributed by atoms with E-state index in [-0.39, 0.29) is 28.1 Å². The fraction of sp³-hybridized carbons (Fsp3) is 0.316. The van der Waals surface area contributed by atoms with E-state index in [2.05, 4.69) is 10.0 Å². The molecule has 0 radical (unpaired) electrons. The molecule has 0 saturated carbocycles. The number of sulfonamides is 1. The van der Waals surface area contributed by atoms with E-state index in [1.165, 1.54) is 42.5 Å². The Kier molecular flexibility index (Phi) is 7.82. The van der Waals surface area contributed by atoms with Gasteiger partial charge in [-0.3, -0.25) is 9.52 Å². The van der Waals surface area contributed by atoms with Crippen LogP contribution in [0.1, 0.15) is 37.0 Å². The lowest BCUT2D eigenvalue weighted by molar-refractivity contribution is 0.0938. The number of hydrogen-bond donors (Lipinski definition) is 2. The molecular weight excluding hydrogens is 406 g/mol. The molecule has 2 aromatic carbocycles. The van der Waals surface area contributed by atoms with Crippen LogP contribution >= 0.6 is 11.8 Å². The fourth-order valence-corrected chi connectivity index (χ4v) is 4.14. The van der Waals surface area contributed by atoms with Gasteiger partial charge in [0.15, 0.2) is 0 Å². The second-order valence-corrected chi connectivity index (χ2v) is 8.95. The molecule has 0 bridgehead atoms. The standard InChI is InChI=1S/C19H22F2N2O3S2/c1-3-5-13(2)22-18(24)14-6-4-7-17(12-14)28(25,26)23-15-8-10-16(11-9-15)27-19(20)21/h4,6-13,19,23H,3,5H2,1-2H3,(H,22,24).